The number of amides is 1. The van der Waals surface area contributed by atoms with Gasteiger partial charge in [0.2, 0.25) is 5.91 Å². The molecule has 7 rings (SSSR count). The second-order valence-corrected chi connectivity index (χ2v) is 12.3. The van der Waals surface area contributed by atoms with E-state index in [0.29, 0.717) is 43.7 Å². The number of ether oxygens (including phenoxy) is 1. The van der Waals surface area contributed by atoms with E-state index in [1.807, 2.05) is 15.9 Å². The zero-order chi connectivity index (χ0) is 25.4. The summed E-state index contributed by atoms with van der Waals surface area (Å²) in [4.78, 5) is 25.7. The smallest absolute Gasteiger partial charge is 0.233 e. The van der Waals surface area contributed by atoms with E-state index < -0.39 is 0 Å². The Morgan fingerprint density at radius 2 is 2.00 bits per heavy atom. The molecule has 9 heteroatoms. The van der Waals surface area contributed by atoms with Crippen molar-refractivity contribution in [2.75, 3.05) is 13.6 Å². The Morgan fingerprint density at radius 1 is 1.24 bits per heavy atom. The molecule has 0 aromatic carbocycles. The van der Waals surface area contributed by atoms with Gasteiger partial charge in [-0.1, -0.05) is 13.8 Å². The number of aryl methyl sites for hydroxylation is 1. The van der Waals surface area contributed by atoms with Gasteiger partial charge in [0.1, 0.15) is 11.2 Å². The van der Waals surface area contributed by atoms with Crippen molar-refractivity contribution in [2.45, 2.75) is 83.6 Å². The summed E-state index contributed by atoms with van der Waals surface area (Å²) in [5.41, 5.74) is 8.48. The predicted octanol–water partition coefficient (Wildman–Crippen LogP) is 4.86. The second-order valence-electron chi connectivity index (χ2n) is 11.3. The van der Waals surface area contributed by atoms with Gasteiger partial charge in [0.25, 0.3) is 0 Å². The second kappa shape index (κ2) is 8.64. The van der Waals surface area contributed by atoms with Crippen molar-refractivity contribution in [1.29, 1.82) is 0 Å². The minimum absolute atomic E-state index is 0.131. The third kappa shape index (κ3) is 3.51. The number of aromatic nitrogens is 4. The lowest BCUT2D eigenvalue weighted by Crippen LogP contribution is -2.46. The van der Waals surface area contributed by atoms with E-state index in [4.69, 9.17) is 4.74 Å². The number of hydrogen-bond acceptors (Lipinski definition) is 6. The Morgan fingerprint density at radius 3 is 2.73 bits per heavy atom. The molecule has 0 radical (unpaired) electrons. The van der Waals surface area contributed by atoms with Crippen LogP contribution in [0.4, 0.5) is 0 Å². The number of nitrogens with zero attached hydrogens (tertiary/aromatic N) is 4. The highest BCUT2D eigenvalue weighted by Gasteiger charge is 2.42. The fourth-order valence-electron chi connectivity index (χ4n) is 7.27. The van der Waals surface area contributed by atoms with Crippen molar-refractivity contribution >= 4 is 33.1 Å². The number of likely N-dealkylation sites (N-methyl/N-ethyl adjacent to an activating group) is 1. The molecule has 4 aromatic rings. The minimum Gasteiger partial charge on any atom is -0.372 e. The fourth-order valence-corrected chi connectivity index (χ4v) is 8.62. The van der Waals surface area contributed by atoms with Crippen LogP contribution in [-0.4, -0.2) is 56.1 Å². The minimum atomic E-state index is 0.131. The van der Waals surface area contributed by atoms with Crippen LogP contribution in [0.3, 0.4) is 0 Å². The maximum Gasteiger partial charge on any atom is 0.233 e. The van der Waals surface area contributed by atoms with Crippen molar-refractivity contribution in [3.8, 4) is 11.3 Å². The number of carbonyl (C=O) groups is 1. The summed E-state index contributed by atoms with van der Waals surface area (Å²) in [7, 11) is 1.74. The van der Waals surface area contributed by atoms with E-state index >= 15 is 0 Å². The van der Waals surface area contributed by atoms with Crippen LogP contribution in [0.15, 0.2) is 12.5 Å². The first-order valence-corrected chi connectivity index (χ1v) is 14.3. The first-order valence-electron chi connectivity index (χ1n) is 13.5. The average Bonchev–Trinajstić information content (AvgIpc) is 3.68. The lowest BCUT2D eigenvalue weighted by Gasteiger charge is -2.38. The first kappa shape index (κ1) is 23.4. The Balaban J connectivity index is 1.29. The number of pyridine rings is 1. The van der Waals surface area contributed by atoms with Crippen LogP contribution in [0.2, 0.25) is 0 Å². The molecule has 3 atom stereocenters. The number of piperidine rings is 1. The summed E-state index contributed by atoms with van der Waals surface area (Å²) in [6, 6.07) is 1.02. The topological polar surface area (TPSA) is 87.6 Å². The van der Waals surface area contributed by atoms with E-state index in [-0.39, 0.29) is 5.91 Å². The summed E-state index contributed by atoms with van der Waals surface area (Å²) in [5.74, 6) is 1.07. The van der Waals surface area contributed by atoms with Crippen molar-refractivity contribution in [3.05, 3.63) is 39.7 Å². The van der Waals surface area contributed by atoms with Crippen LogP contribution in [0.5, 0.6) is 0 Å². The van der Waals surface area contributed by atoms with Gasteiger partial charge in [-0.25, -0.2) is 9.50 Å². The molecule has 37 heavy (non-hydrogen) atoms. The average molecular weight is 519 g/mol. The van der Waals surface area contributed by atoms with E-state index in [0.717, 1.165) is 24.1 Å². The molecule has 0 unspecified atom stereocenters. The van der Waals surface area contributed by atoms with Gasteiger partial charge in [-0.15, -0.1) is 11.3 Å². The van der Waals surface area contributed by atoms with Crippen LogP contribution in [0.25, 0.3) is 27.1 Å². The summed E-state index contributed by atoms with van der Waals surface area (Å²) in [6.07, 6.45) is 8.45. The standard InChI is InChI=1S/C28H34N6O2S/c1-14(2)23-24-15(3)26(16-7-17-5-6-18(8-16)33(17)10-22(35)29-4)37-28(24)32-25(23)19-9-34-27(30-13-31-34)21-12-36-11-20(19)21/h9,13-14,16-18,32H,5-8,10-12H2,1-4H3,(H,29,35)/t16-,17-,18+. The van der Waals surface area contributed by atoms with Gasteiger partial charge in [-0.3, -0.25) is 9.69 Å². The number of thiophene rings is 1. The Labute approximate surface area is 220 Å². The molecule has 8 nitrogen and oxygen atoms in total. The Hall–Kier alpha value is -2.75. The van der Waals surface area contributed by atoms with Gasteiger partial charge < -0.3 is 15.0 Å². The first-order chi connectivity index (χ1) is 17.9. The number of rotatable bonds is 5. The zero-order valence-electron chi connectivity index (χ0n) is 21.9. The third-order valence-corrected chi connectivity index (χ3v) is 10.3. The number of fused-ring (bicyclic) bond motifs is 6. The monoisotopic (exact) mass is 518 g/mol. The summed E-state index contributed by atoms with van der Waals surface area (Å²) in [5, 5.41) is 8.66. The maximum atomic E-state index is 12.1. The van der Waals surface area contributed by atoms with Crippen LogP contribution < -0.4 is 5.32 Å². The molecule has 0 saturated carbocycles. The summed E-state index contributed by atoms with van der Waals surface area (Å²) in [6.45, 7) is 8.65. The Bertz CT molecular complexity index is 1520. The van der Waals surface area contributed by atoms with Gasteiger partial charge in [-0.05, 0) is 61.1 Å². The molecule has 2 saturated heterocycles. The molecule has 0 spiro atoms. The number of aromatic amines is 1. The van der Waals surface area contributed by atoms with E-state index in [1.165, 1.54) is 55.9 Å². The van der Waals surface area contributed by atoms with Crippen LogP contribution >= 0.6 is 11.3 Å². The molecule has 2 fully saturated rings. The number of hydrogen-bond donors (Lipinski definition) is 2. The van der Waals surface area contributed by atoms with Crippen molar-refractivity contribution < 1.29 is 9.53 Å². The molecule has 194 valence electrons. The molecule has 2 N–H and O–H groups in total. The van der Waals surface area contributed by atoms with Gasteiger partial charge in [0.05, 0.1) is 25.5 Å². The van der Waals surface area contributed by atoms with Gasteiger partial charge in [0, 0.05) is 46.7 Å². The summed E-state index contributed by atoms with van der Waals surface area (Å²) >= 11 is 1.95. The molecular weight excluding hydrogens is 484 g/mol. The Kier molecular flexibility index (Phi) is 5.46. The van der Waals surface area contributed by atoms with Crippen molar-refractivity contribution in [2.24, 2.45) is 0 Å². The van der Waals surface area contributed by atoms with Crippen LogP contribution in [0, 0.1) is 6.92 Å². The van der Waals surface area contributed by atoms with Crippen LogP contribution in [-0.2, 0) is 22.7 Å². The quantitative estimate of drug-likeness (QED) is 0.394. The van der Waals surface area contributed by atoms with E-state index in [2.05, 4.69) is 52.3 Å². The molecule has 1 amide bonds. The van der Waals surface area contributed by atoms with E-state index in [9.17, 15) is 4.79 Å². The maximum absolute atomic E-state index is 12.1. The predicted molar refractivity (Wildman–Crippen MR) is 145 cm³/mol. The lowest BCUT2D eigenvalue weighted by atomic mass is 9.86. The molecule has 3 aliphatic heterocycles. The highest BCUT2D eigenvalue weighted by atomic mass is 32.1. The van der Waals surface area contributed by atoms with E-state index in [1.54, 1.807) is 13.4 Å². The summed E-state index contributed by atoms with van der Waals surface area (Å²) < 4.78 is 7.77. The van der Waals surface area contributed by atoms with Crippen molar-refractivity contribution in [3.63, 3.8) is 0 Å². The van der Waals surface area contributed by atoms with Gasteiger partial charge >= 0.3 is 0 Å². The molecule has 2 bridgehead atoms. The molecule has 7 heterocycles. The lowest BCUT2D eigenvalue weighted by molar-refractivity contribution is -0.122. The molecule has 0 aliphatic carbocycles. The highest BCUT2D eigenvalue weighted by molar-refractivity contribution is 7.19. The SMILES string of the molecule is CNC(=O)CN1[C@@H]2CC[C@H]1C[C@H](c1sc3[nH]c(-c4cn5ncnc5c5c4COC5)c(C(C)C)c3c1C)C2. The third-order valence-electron chi connectivity index (χ3n) is 8.94. The van der Waals surface area contributed by atoms with Crippen molar-refractivity contribution in [1.82, 2.24) is 29.8 Å². The largest absolute Gasteiger partial charge is 0.372 e. The number of nitrogens with one attached hydrogen (secondary N) is 2. The zero-order valence-corrected chi connectivity index (χ0v) is 22.7. The molecule has 3 aliphatic rings. The molecule has 4 aromatic heterocycles. The van der Waals surface area contributed by atoms with Gasteiger partial charge in [-0.2, -0.15) is 5.10 Å². The normalized spacial score (nSPS) is 23.5. The van der Waals surface area contributed by atoms with Gasteiger partial charge in [0.15, 0.2) is 5.65 Å². The highest BCUT2D eigenvalue weighted by Crippen LogP contribution is 2.50. The number of H-pyrrole nitrogens is 1. The number of carbonyl (C=O) groups excluding carboxylic acids is 1. The molecular formula is C28H34N6O2S. The van der Waals surface area contributed by atoms with Crippen LogP contribution in [0.1, 0.15) is 78.5 Å². The fraction of sp³-hybridized carbons (Fsp3) is 0.536.